The Hall–Kier alpha value is -1.26. The van der Waals surface area contributed by atoms with E-state index in [1.165, 1.54) is 0 Å². The molecule has 1 N–H and O–H groups in total. The minimum Gasteiger partial charge on any atom is -0.324 e. The quantitative estimate of drug-likeness (QED) is 0.630. The fourth-order valence-electron chi connectivity index (χ4n) is 2.45. The van der Waals surface area contributed by atoms with E-state index in [0.717, 1.165) is 12.1 Å². The molecule has 2 rings (SSSR count). The first-order valence-electron chi connectivity index (χ1n) is 8.09. The van der Waals surface area contributed by atoms with Crippen molar-refractivity contribution in [1.29, 1.82) is 0 Å². The van der Waals surface area contributed by atoms with Crippen molar-refractivity contribution in [2.75, 3.05) is 11.9 Å². The maximum absolute atomic E-state index is 12.3. The number of para-hydroxylation sites is 1. The third-order valence-corrected chi connectivity index (χ3v) is 4.72. The number of rotatable bonds is 7. The molecular weight excluding hydrogens is 379 g/mol. The zero-order valence-corrected chi connectivity index (χ0v) is 16.5. The van der Waals surface area contributed by atoms with Gasteiger partial charge in [0.25, 0.3) is 0 Å². The van der Waals surface area contributed by atoms with Crippen LogP contribution in [-0.2, 0) is 11.3 Å². The highest BCUT2D eigenvalue weighted by Gasteiger charge is 2.14. The van der Waals surface area contributed by atoms with Crippen molar-refractivity contribution in [3.05, 3.63) is 63.1 Å². The number of benzene rings is 2. The van der Waals surface area contributed by atoms with Gasteiger partial charge in [0.1, 0.15) is 0 Å². The van der Waals surface area contributed by atoms with Gasteiger partial charge in [0.15, 0.2) is 0 Å². The molecule has 0 atom stereocenters. The van der Waals surface area contributed by atoms with Crippen LogP contribution in [0.2, 0.25) is 15.1 Å². The van der Waals surface area contributed by atoms with Crippen LogP contribution in [0.1, 0.15) is 25.8 Å². The van der Waals surface area contributed by atoms with Gasteiger partial charge in [0.2, 0.25) is 5.91 Å². The van der Waals surface area contributed by atoms with E-state index >= 15 is 0 Å². The number of nitrogens with one attached hydrogen (secondary N) is 1. The Bertz CT molecular complexity index is 714. The van der Waals surface area contributed by atoms with Gasteiger partial charge in [-0.3, -0.25) is 9.69 Å². The largest absolute Gasteiger partial charge is 0.324 e. The Morgan fingerprint density at radius 2 is 1.72 bits per heavy atom. The Morgan fingerprint density at radius 1 is 1.08 bits per heavy atom. The van der Waals surface area contributed by atoms with Gasteiger partial charge in [-0.2, -0.15) is 0 Å². The lowest BCUT2D eigenvalue weighted by Gasteiger charge is -2.26. The molecule has 0 saturated carbocycles. The lowest BCUT2D eigenvalue weighted by molar-refractivity contribution is -0.116. The van der Waals surface area contributed by atoms with E-state index < -0.39 is 0 Å². The van der Waals surface area contributed by atoms with Crippen LogP contribution in [0, 0.1) is 0 Å². The first-order chi connectivity index (χ1) is 11.9. The molecular formula is C19H21Cl3N2O. The van der Waals surface area contributed by atoms with Crippen molar-refractivity contribution in [2.24, 2.45) is 0 Å². The van der Waals surface area contributed by atoms with Crippen LogP contribution in [0.25, 0.3) is 0 Å². The highest BCUT2D eigenvalue weighted by molar-refractivity contribution is 6.39. The summed E-state index contributed by atoms with van der Waals surface area (Å²) in [6.07, 6.45) is 0.348. The van der Waals surface area contributed by atoms with Crippen molar-refractivity contribution >= 4 is 46.4 Å². The molecule has 0 spiro atoms. The highest BCUT2D eigenvalue weighted by Crippen LogP contribution is 2.29. The van der Waals surface area contributed by atoms with Gasteiger partial charge in [0, 0.05) is 30.6 Å². The second-order valence-corrected chi connectivity index (χ2v) is 7.34. The Labute approximate surface area is 163 Å². The van der Waals surface area contributed by atoms with E-state index in [4.69, 9.17) is 34.8 Å². The van der Waals surface area contributed by atoms with Crippen LogP contribution >= 0.6 is 34.8 Å². The van der Waals surface area contributed by atoms with Crippen molar-refractivity contribution in [2.45, 2.75) is 32.9 Å². The molecule has 0 aromatic heterocycles. The molecule has 0 aliphatic heterocycles. The third kappa shape index (κ3) is 6.19. The van der Waals surface area contributed by atoms with E-state index in [9.17, 15) is 4.79 Å². The fourth-order valence-corrected chi connectivity index (χ4v) is 3.16. The number of carbonyl (C=O) groups excluding carboxylic acids is 1. The second kappa shape index (κ2) is 9.44. The Kier molecular flexibility index (Phi) is 7.57. The topological polar surface area (TPSA) is 32.3 Å². The molecule has 6 heteroatoms. The maximum Gasteiger partial charge on any atom is 0.225 e. The Morgan fingerprint density at radius 3 is 2.32 bits per heavy atom. The van der Waals surface area contributed by atoms with Gasteiger partial charge in [-0.05, 0) is 43.7 Å². The standard InChI is InChI=1S/C19H21Cl3N2O/c1-13(2)24(12-14-5-3-6-15(20)11-14)10-9-18(25)23-19-16(21)7-4-8-17(19)22/h3-8,11,13H,9-10,12H2,1-2H3,(H,23,25). The first kappa shape index (κ1) is 20.1. The van der Waals surface area contributed by atoms with Gasteiger partial charge in [-0.1, -0.05) is 53.0 Å². The molecule has 0 unspecified atom stereocenters. The summed E-state index contributed by atoms with van der Waals surface area (Å²) in [6.45, 7) is 5.57. The number of hydrogen-bond acceptors (Lipinski definition) is 2. The first-order valence-corrected chi connectivity index (χ1v) is 9.22. The summed E-state index contributed by atoms with van der Waals surface area (Å²) < 4.78 is 0. The summed E-state index contributed by atoms with van der Waals surface area (Å²) in [5.74, 6) is -0.119. The number of hydrogen-bond donors (Lipinski definition) is 1. The lowest BCUT2D eigenvalue weighted by atomic mass is 10.1. The van der Waals surface area contributed by atoms with E-state index in [2.05, 4.69) is 24.1 Å². The third-order valence-electron chi connectivity index (χ3n) is 3.86. The highest BCUT2D eigenvalue weighted by atomic mass is 35.5. The lowest BCUT2D eigenvalue weighted by Crippen LogP contribution is -2.33. The summed E-state index contributed by atoms with van der Waals surface area (Å²) in [5.41, 5.74) is 1.58. The molecule has 1 amide bonds. The van der Waals surface area contributed by atoms with E-state index in [-0.39, 0.29) is 5.91 Å². The molecule has 0 aliphatic carbocycles. The summed E-state index contributed by atoms with van der Waals surface area (Å²) in [7, 11) is 0. The zero-order chi connectivity index (χ0) is 18.4. The number of anilines is 1. The molecule has 0 radical (unpaired) electrons. The molecule has 0 aliphatic rings. The van der Waals surface area contributed by atoms with Gasteiger partial charge in [0.05, 0.1) is 15.7 Å². The summed E-state index contributed by atoms with van der Waals surface area (Å²) in [6, 6.07) is 13.2. The van der Waals surface area contributed by atoms with Gasteiger partial charge < -0.3 is 5.32 Å². The molecule has 0 bridgehead atoms. The van der Waals surface area contributed by atoms with Crippen molar-refractivity contribution in [3.63, 3.8) is 0 Å². The van der Waals surface area contributed by atoms with Crippen LogP contribution in [0.3, 0.4) is 0 Å². The van der Waals surface area contributed by atoms with Gasteiger partial charge in [-0.25, -0.2) is 0 Å². The molecule has 0 saturated heterocycles. The van der Waals surface area contributed by atoms with Crippen molar-refractivity contribution in [1.82, 2.24) is 4.90 Å². The normalized spacial score (nSPS) is 11.2. The van der Waals surface area contributed by atoms with Crippen LogP contribution in [-0.4, -0.2) is 23.4 Å². The minimum atomic E-state index is -0.119. The predicted octanol–water partition coefficient (Wildman–Crippen LogP) is 5.89. The van der Waals surface area contributed by atoms with Crippen molar-refractivity contribution < 1.29 is 4.79 Å². The van der Waals surface area contributed by atoms with Crippen LogP contribution < -0.4 is 5.32 Å². The molecule has 2 aromatic carbocycles. The van der Waals surface area contributed by atoms with Crippen LogP contribution in [0.4, 0.5) is 5.69 Å². The summed E-state index contributed by atoms with van der Waals surface area (Å²) in [4.78, 5) is 14.5. The van der Waals surface area contributed by atoms with E-state index in [0.29, 0.717) is 39.8 Å². The second-order valence-electron chi connectivity index (χ2n) is 6.09. The monoisotopic (exact) mass is 398 g/mol. The minimum absolute atomic E-state index is 0.119. The van der Waals surface area contributed by atoms with Crippen molar-refractivity contribution in [3.8, 4) is 0 Å². The maximum atomic E-state index is 12.3. The number of halogens is 3. The summed E-state index contributed by atoms with van der Waals surface area (Å²) >= 11 is 18.2. The van der Waals surface area contributed by atoms with Crippen LogP contribution in [0.15, 0.2) is 42.5 Å². The smallest absolute Gasteiger partial charge is 0.225 e. The average Bonchev–Trinajstić information content (AvgIpc) is 2.55. The zero-order valence-electron chi connectivity index (χ0n) is 14.2. The molecule has 134 valence electrons. The molecule has 0 heterocycles. The van der Waals surface area contributed by atoms with E-state index in [1.54, 1.807) is 18.2 Å². The van der Waals surface area contributed by atoms with Gasteiger partial charge in [-0.15, -0.1) is 0 Å². The van der Waals surface area contributed by atoms with E-state index in [1.807, 2.05) is 24.3 Å². The predicted molar refractivity (Wildman–Crippen MR) is 107 cm³/mol. The molecule has 0 fully saturated rings. The SMILES string of the molecule is CC(C)N(CCC(=O)Nc1c(Cl)cccc1Cl)Cc1cccc(Cl)c1. The fraction of sp³-hybridized carbons (Fsp3) is 0.316. The Balaban J connectivity index is 1.95. The number of carbonyl (C=O) groups is 1. The molecule has 2 aromatic rings. The summed E-state index contributed by atoms with van der Waals surface area (Å²) in [5, 5.41) is 4.37. The number of amides is 1. The number of nitrogens with zero attached hydrogens (tertiary/aromatic N) is 1. The van der Waals surface area contributed by atoms with Gasteiger partial charge >= 0.3 is 0 Å². The molecule has 25 heavy (non-hydrogen) atoms. The average molecular weight is 400 g/mol. The van der Waals surface area contributed by atoms with Crippen LogP contribution in [0.5, 0.6) is 0 Å². The molecule has 3 nitrogen and oxygen atoms in total.